The second-order valence-electron chi connectivity index (χ2n) is 3.64. The van der Waals surface area contributed by atoms with Crippen LogP contribution in [-0.4, -0.2) is 23.7 Å². The Kier molecular flexibility index (Phi) is 8.64. The largest absolute Gasteiger partial charge is 0.393 e. The molecule has 0 saturated carbocycles. The van der Waals surface area contributed by atoms with E-state index in [4.69, 9.17) is 0 Å². The maximum atomic E-state index is 11.1. The van der Waals surface area contributed by atoms with Crippen molar-refractivity contribution in [2.75, 3.05) is 6.54 Å². The molecular weight excluding hydrogens is 178 g/mol. The number of carbonyl (C=O) groups excluding carboxylic acids is 1. The van der Waals surface area contributed by atoms with E-state index in [0.29, 0.717) is 19.4 Å². The van der Waals surface area contributed by atoms with Gasteiger partial charge in [0.25, 0.3) is 0 Å². The maximum absolute atomic E-state index is 11.1. The van der Waals surface area contributed by atoms with E-state index in [-0.39, 0.29) is 12.0 Å². The third kappa shape index (κ3) is 8.05. The van der Waals surface area contributed by atoms with Crippen LogP contribution in [0.4, 0.5) is 0 Å². The molecule has 0 aliphatic carbocycles. The molecule has 2 N–H and O–H groups in total. The summed E-state index contributed by atoms with van der Waals surface area (Å²) in [6, 6.07) is 0. The minimum absolute atomic E-state index is 0.0436. The summed E-state index contributed by atoms with van der Waals surface area (Å²) in [6.07, 6.45) is 4.96. The van der Waals surface area contributed by atoms with Crippen LogP contribution in [-0.2, 0) is 4.79 Å². The van der Waals surface area contributed by atoms with Crippen molar-refractivity contribution < 1.29 is 9.90 Å². The van der Waals surface area contributed by atoms with Crippen molar-refractivity contribution in [1.82, 2.24) is 5.32 Å². The van der Waals surface area contributed by atoms with Crippen LogP contribution in [0.1, 0.15) is 52.4 Å². The second kappa shape index (κ2) is 9.00. The fourth-order valence-corrected chi connectivity index (χ4v) is 1.36. The molecule has 0 radical (unpaired) electrons. The van der Waals surface area contributed by atoms with Crippen LogP contribution in [0.15, 0.2) is 0 Å². The first-order valence-electron chi connectivity index (χ1n) is 5.65. The lowest BCUT2D eigenvalue weighted by Crippen LogP contribution is -2.23. The van der Waals surface area contributed by atoms with E-state index in [1.165, 1.54) is 6.42 Å². The Balaban J connectivity index is 3.33. The van der Waals surface area contributed by atoms with Gasteiger partial charge in [-0.15, -0.1) is 0 Å². The van der Waals surface area contributed by atoms with E-state index in [2.05, 4.69) is 12.2 Å². The van der Waals surface area contributed by atoms with E-state index in [0.717, 1.165) is 19.3 Å². The molecule has 0 aliphatic heterocycles. The molecule has 0 fully saturated rings. The highest BCUT2D eigenvalue weighted by Gasteiger charge is 2.06. The highest BCUT2D eigenvalue weighted by atomic mass is 16.3. The van der Waals surface area contributed by atoms with E-state index in [1.807, 2.05) is 6.92 Å². The molecule has 0 spiro atoms. The van der Waals surface area contributed by atoms with Crippen LogP contribution in [0.3, 0.4) is 0 Å². The van der Waals surface area contributed by atoms with Gasteiger partial charge in [-0.25, -0.2) is 0 Å². The van der Waals surface area contributed by atoms with Crippen molar-refractivity contribution in [2.24, 2.45) is 0 Å². The van der Waals surface area contributed by atoms with Crippen molar-refractivity contribution in [2.45, 2.75) is 58.5 Å². The molecule has 0 saturated heterocycles. The summed E-state index contributed by atoms with van der Waals surface area (Å²) < 4.78 is 0. The number of aliphatic hydroxyl groups excluding tert-OH is 1. The summed E-state index contributed by atoms with van der Waals surface area (Å²) in [5.41, 5.74) is 0. The van der Waals surface area contributed by atoms with Crippen LogP contribution in [0.5, 0.6) is 0 Å². The minimum Gasteiger partial charge on any atom is -0.393 e. The Bertz CT molecular complexity index is 148. The number of hydrogen-bond acceptors (Lipinski definition) is 2. The Morgan fingerprint density at radius 2 is 2.00 bits per heavy atom. The van der Waals surface area contributed by atoms with Gasteiger partial charge < -0.3 is 10.4 Å². The minimum atomic E-state index is -0.302. The molecule has 0 bridgehead atoms. The van der Waals surface area contributed by atoms with Crippen molar-refractivity contribution in [3.05, 3.63) is 0 Å². The van der Waals surface area contributed by atoms with Crippen molar-refractivity contribution in [1.29, 1.82) is 0 Å². The van der Waals surface area contributed by atoms with Crippen molar-refractivity contribution in [3.63, 3.8) is 0 Å². The number of hydrogen-bond donors (Lipinski definition) is 2. The topological polar surface area (TPSA) is 49.3 Å². The van der Waals surface area contributed by atoms with Gasteiger partial charge in [0.1, 0.15) is 0 Å². The number of amides is 1. The van der Waals surface area contributed by atoms with E-state index in [1.54, 1.807) is 0 Å². The highest BCUT2D eigenvalue weighted by Crippen LogP contribution is 2.07. The quantitative estimate of drug-likeness (QED) is 0.589. The zero-order valence-electron chi connectivity index (χ0n) is 9.38. The van der Waals surface area contributed by atoms with E-state index < -0.39 is 0 Å². The lowest BCUT2D eigenvalue weighted by atomic mass is 10.1. The fraction of sp³-hybridized carbons (Fsp3) is 0.909. The second-order valence-corrected chi connectivity index (χ2v) is 3.64. The summed E-state index contributed by atoms with van der Waals surface area (Å²) in [5.74, 6) is 0.0436. The molecule has 0 aliphatic rings. The first-order chi connectivity index (χ1) is 6.70. The Morgan fingerprint density at radius 1 is 1.29 bits per heavy atom. The molecule has 84 valence electrons. The molecule has 0 rings (SSSR count). The maximum Gasteiger partial charge on any atom is 0.220 e. The van der Waals surface area contributed by atoms with Gasteiger partial charge in [0.2, 0.25) is 5.91 Å². The SMILES string of the molecule is CCCCCC(O)CCC(=O)NCC. The summed E-state index contributed by atoms with van der Waals surface area (Å²) >= 11 is 0. The Hall–Kier alpha value is -0.570. The predicted octanol–water partition coefficient (Wildman–Crippen LogP) is 1.84. The monoisotopic (exact) mass is 201 g/mol. The lowest BCUT2D eigenvalue weighted by Gasteiger charge is -2.09. The van der Waals surface area contributed by atoms with Gasteiger partial charge in [-0.05, 0) is 19.8 Å². The van der Waals surface area contributed by atoms with Crippen molar-refractivity contribution >= 4 is 5.91 Å². The third-order valence-electron chi connectivity index (χ3n) is 2.22. The van der Waals surface area contributed by atoms with Gasteiger partial charge in [0, 0.05) is 13.0 Å². The zero-order chi connectivity index (χ0) is 10.8. The first-order valence-corrected chi connectivity index (χ1v) is 5.65. The third-order valence-corrected chi connectivity index (χ3v) is 2.22. The van der Waals surface area contributed by atoms with Gasteiger partial charge in [-0.1, -0.05) is 26.2 Å². The molecule has 14 heavy (non-hydrogen) atoms. The average Bonchev–Trinajstić information content (AvgIpc) is 2.16. The molecule has 3 nitrogen and oxygen atoms in total. The first kappa shape index (κ1) is 13.4. The molecule has 3 heteroatoms. The number of carbonyl (C=O) groups is 1. The van der Waals surface area contributed by atoms with Crippen LogP contribution >= 0.6 is 0 Å². The number of rotatable bonds is 8. The molecule has 0 aromatic heterocycles. The standard InChI is InChI=1S/C11H23NO2/c1-3-5-6-7-10(13)8-9-11(14)12-4-2/h10,13H,3-9H2,1-2H3,(H,12,14). The Labute approximate surface area is 86.9 Å². The van der Waals surface area contributed by atoms with Crippen LogP contribution in [0.2, 0.25) is 0 Å². The molecular formula is C11H23NO2. The molecule has 0 aromatic rings. The van der Waals surface area contributed by atoms with Crippen molar-refractivity contribution in [3.8, 4) is 0 Å². The van der Waals surface area contributed by atoms with Gasteiger partial charge in [-0.2, -0.15) is 0 Å². The molecule has 0 heterocycles. The number of unbranched alkanes of at least 4 members (excludes halogenated alkanes) is 2. The smallest absolute Gasteiger partial charge is 0.220 e. The zero-order valence-corrected chi connectivity index (χ0v) is 9.38. The molecule has 1 amide bonds. The summed E-state index contributed by atoms with van der Waals surface area (Å²) in [7, 11) is 0. The van der Waals surface area contributed by atoms with Crippen LogP contribution < -0.4 is 5.32 Å². The highest BCUT2D eigenvalue weighted by molar-refractivity contribution is 5.75. The number of nitrogens with one attached hydrogen (secondary N) is 1. The molecule has 1 atom stereocenters. The lowest BCUT2D eigenvalue weighted by molar-refractivity contribution is -0.121. The average molecular weight is 201 g/mol. The van der Waals surface area contributed by atoms with Gasteiger partial charge >= 0.3 is 0 Å². The van der Waals surface area contributed by atoms with Crippen LogP contribution in [0.25, 0.3) is 0 Å². The van der Waals surface area contributed by atoms with E-state index >= 15 is 0 Å². The summed E-state index contributed by atoms with van der Waals surface area (Å²) in [5, 5.41) is 12.2. The number of aliphatic hydroxyl groups is 1. The normalized spacial score (nSPS) is 12.5. The molecule has 0 aromatic carbocycles. The summed E-state index contributed by atoms with van der Waals surface area (Å²) in [4.78, 5) is 11.1. The van der Waals surface area contributed by atoms with Gasteiger partial charge in [0.05, 0.1) is 6.10 Å². The Morgan fingerprint density at radius 3 is 2.57 bits per heavy atom. The molecule has 1 unspecified atom stereocenters. The summed E-state index contributed by atoms with van der Waals surface area (Å²) in [6.45, 7) is 4.71. The van der Waals surface area contributed by atoms with Gasteiger partial charge in [0.15, 0.2) is 0 Å². The van der Waals surface area contributed by atoms with E-state index in [9.17, 15) is 9.90 Å². The van der Waals surface area contributed by atoms with Crippen LogP contribution in [0, 0.1) is 0 Å². The predicted molar refractivity (Wildman–Crippen MR) is 58.1 cm³/mol. The van der Waals surface area contributed by atoms with Gasteiger partial charge in [-0.3, -0.25) is 4.79 Å². The fourth-order valence-electron chi connectivity index (χ4n) is 1.36.